The maximum atomic E-state index is 12.6. The minimum Gasteiger partial charge on any atom is -0.576 e. The van der Waals surface area contributed by atoms with E-state index in [0.29, 0.717) is 23.1 Å². The maximum absolute atomic E-state index is 12.6. The van der Waals surface area contributed by atoms with Crippen LogP contribution in [0.3, 0.4) is 0 Å². The molecule has 0 fully saturated rings. The Kier molecular flexibility index (Phi) is 24.7. The van der Waals surface area contributed by atoms with Crippen molar-refractivity contribution in [1.82, 2.24) is 43.9 Å². The van der Waals surface area contributed by atoms with E-state index >= 15 is 0 Å². The first-order valence-electron chi connectivity index (χ1n) is 39.7. The summed E-state index contributed by atoms with van der Waals surface area (Å²) in [6.07, 6.45) is 10.9. The molecule has 17 heteroatoms. The van der Waals surface area contributed by atoms with Gasteiger partial charge in [-0.2, -0.15) is 37.0 Å². The molecule has 123 heavy (non-hydrogen) atoms. The van der Waals surface area contributed by atoms with Crippen molar-refractivity contribution in [2.75, 3.05) is 11.9 Å². The van der Waals surface area contributed by atoms with Crippen LogP contribution in [-0.4, -0.2) is 66.1 Å². The predicted molar refractivity (Wildman–Crippen MR) is 488 cm³/mol. The van der Waals surface area contributed by atoms with Crippen molar-refractivity contribution in [3.63, 3.8) is 0 Å². The summed E-state index contributed by atoms with van der Waals surface area (Å²) in [6, 6.07) is 135. The zero-order valence-corrected chi connectivity index (χ0v) is 72.2. The number of para-hydroxylation sites is 8. The molecule has 1 aliphatic heterocycles. The fraction of sp³-hybridized carbons (Fsp3) is 0.00943. The number of pyridine rings is 4. The summed E-state index contributed by atoms with van der Waals surface area (Å²) >= 11 is -2.86. The van der Waals surface area contributed by atoms with Gasteiger partial charge in [0.2, 0.25) is 0 Å². The Balaban J connectivity index is 0.000000145. The van der Waals surface area contributed by atoms with Crippen molar-refractivity contribution in [3.05, 3.63) is 444 Å². The molecule has 8 heterocycles. The zero-order valence-electron chi connectivity index (χ0n) is 66.2. The quantitative estimate of drug-likeness (QED) is 0.0720. The fourth-order valence-corrected chi connectivity index (χ4v) is 16.6. The van der Waals surface area contributed by atoms with Gasteiger partial charge in [-0.1, -0.05) is 224 Å². The van der Waals surface area contributed by atoms with Crippen LogP contribution in [0.15, 0.2) is 419 Å². The van der Waals surface area contributed by atoms with E-state index < -0.39 is 15.1 Å². The molecule has 0 amide bonds. The Bertz CT molecular complexity index is 6730. The second kappa shape index (κ2) is 37.5. The fourth-order valence-electron chi connectivity index (χ4n) is 15.3. The molecule has 0 aliphatic carbocycles. The summed E-state index contributed by atoms with van der Waals surface area (Å²) in [5.74, 6) is 2.24. The molecule has 0 bridgehead atoms. The number of benzene rings is 14. The topological polar surface area (TPSA) is 121 Å². The molecule has 1 aliphatic rings. The molecule has 13 nitrogen and oxygen atoms in total. The number of nitrogens with zero attached hydrogens (tertiary/aromatic N) is 10. The number of anilines is 1. The zero-order chi connectivity index (χ0) is 81.2. The van der Waals surface area contributed by atoms with E-state index in [0.717, 1.165) is 111 Å². The number of hydrogen-bond acceptors (Lipinski definition) is 11. The van der Waals surface area contributed by atoms with E-state index in [-0.39, 0.29) is 46.0 Å². The standard InChI is InChI=1S/C58H38N4.C11H7FN.C10H10N2.3C9H7NO.Al.2Ir/c1-3-15-41(16-4-1)52-38-53(60-58(59-52)42-17-5-2-6-18-42)45-36-43(39-27-31-46(32-28-39)61-54-23-11-7-19-48(54)49-20-8-12-24-55(49)61)35-44(37-45)40-29-33-47(34-30-40)62-56-25-13-9-21-50(56)51-22-10-14-26-57(51)62;12-10-6-4-9(5-7-10)11-3-1-2-8-13-11;1-11-7-8-12(9-11)10-5-3-2-4-6-10;3*11-8-5-1-3-7-4-2-6-10-9(7)8;;;/h1-38H;1-4,6-8H;2-5,7-9H,1H3;3*1-6,11H;;;/q;-1;-2;;;;+3;;/p-3. The van der Waals surface area contributed by atoms with Gasteiger partial charge < -0.3 is 35.3 Å². The third-order valence-corrected chi connectivity index (χ3v) is 22.4. The smallest absolute Gasteiger partial charge is 0.576 e. The molecule has 7 aromatic heterocycles. The van der Waals surface area contributed by atoms with Gasteiger partial charge in [-0.3, -0.25) is 19.3 Å². The summed E-state index contributed by atoms with van der Waals surface area (Å²) < 4.78 is 36.5. The first-order chi connectivity index (χ1) is 59.8. The molecule has 0 unspecified atom stereocenters. The second-order valence-electron chi connectivity index (χ2n) is 28.8. The molecular formula is C106H73AlFIr2N10O3-3. The Morgan fingerprint density at radius 1 is 0.333 bits per heavy atom. The molecule has 0 saturated heterocycles. The number of fused-ring (bicyclic) bond motifs is 9. The minimum atomic E-state index is -2.86. The van der Waals surface area contributed by atoms with Gasteiger partial charge in [-0.15, -0.1) is 35.5 Å². The molecule has 0 atom stereocenters. The molecule has 0 saturated carbocycles. The van der Waals surface area contributed by atoms with Crippen LogP contribution in [0.1, 0.15) is 0 Å². The van der Waals surface area contributed by atoms with Crippen LogP contribution >= 0.6 is 0 Å². The Morgan fingerprint density at radius 2 is 0.756 bits per heavy atom. The van der Waals surface area contributed by atoms with Gasteiger partial charge in [0.1, 0.15) is 33.8 Å². The van der Waals surface area contributed by atoms with E-state index in [2.05, 4.69) is 247 Å². The summed E-state index contributed by atoms with van der Waals surface area (Å²) in [5.41, 5.74) is 21.2. The monoisotopic (exact) mass is 1970 g/mol. The first-order valence-corrected chi connectivity index (χ1v) is 41.2. The van der Waals surface area contributed by atoms with Crippen LogP contribution in [0, 0.1) is 24.6 Å². The third kappa shape index (κ3) is 17.8. The van der Waals surface area contributed by atoms with Crippen LogP contribution in [-0.2, 0) is 40.2 Å². The normalized spacial score (nSPS) is 11.4. The Hall–Kier alpha value is -14.4. The predicted octanol–water partition coefficient (Wildman–Crippen LogP) is 25.4. The van der Waals surface area contributed by atoms with Gasteiger partial charge in [0.15, 0.2) is 5.82 Å². The van der Waals surface area contributed by atoms with Gasteiger partial charge >= 0.3 is 15.1 Å². The van der Waals surface area contributed by atoms with Gasteiger partial charge in [0, 0.05) is 137 Å². The molecule has 22 rings (SSSR count). The minimum absolute atomic E-state index is 0. The first kappa shape index (κ1) is 81.0. The van der Waals surface area contributed by atoms with E-state index in [1.807, 2.05) is 194 Å². The summed E-state index contributed by atoms with van der Waals surface area (Å²) in [5, 5.41) is 7.95. The molecule has 0 N–H and O–H groups in total. The van der Waals surface area contributed by atoms with Crippen LogP contribution in [0.25, 0.3) is 155 Å². The van der Waals surface area contributed by atoms with Gasteiger partial charge in [0.05, 0.1) is 33.5 Å². The van der Waals surface area contributed by atoms with Crippen molar-refractivity contribution in [2.24, 2.45) is 0 Å². The van der Waals surface area contributed by atoms with E-state index in [1.54, 1.807) is 30.9 Å². The molecule has 14 aromatic carbocycles. The van der Waals surface area contributed by atoms with Crippen molar-refractivity contribution in [1.29, 1.82) is 0 Å². The number of aromatic nitrogens is 8. The maximum Gasteiger partial charge on any atom is 1.20 e. The molecule has 2 radical (unpaired) electrons. The third-order valence-electron chi connectivity index (χ3n) is 21.0. The van der Waals surface area contributed by atoms with Crippen molar-refractivity contribution in [3.8, 4) is 96.0 Å². The SMILES string of the molecule is CN1C=CN(c2[c-]cccc2)[CH-]1.Fc1c[c-]c(-c2ccccn2)cc1.[Ir].[Ir].c1ccc(-c2cc(-c3cc(-c4ccc(-n5c6ccccc6c6ccccc65)cc4)cc(-c4ccc(-n5c6ccccc6c6ccccc65)cc4)c3)nc(-c3ccccc3)n2)cc1.c1cnc2c([O][Al]([O]c3cccc4cccnc34)[O]c3cccc4cccnc34)cccc2c1. The van der Waals surface area contributed by atoms with E-state index in [4.69, 9.17) is 21.3 Å². The van der Waals surface area contributed by atoms with Gasteiger partial charge in [-0.05, 0) is 163 Å². The molecular weight excluding hydrogens is 1890 g/mol. The largest absolute Gasteiger partial charge is 1.20 e. The Morgan fingerprint density at radius 3 is 1.19 bits per heavy atom. The van der Waals surface area contributed by atoms with Gasteiger partial charge in [-0.25, -0.2) is 9.97 Å². The number of hydrogen-bond donors (Lipinski definition) is 0. The van der Waals surface area contributed by atoms with Crippen LogP contribution in [0.2, 0.25) is 0 Å². The van der Waals surface area contributed by atoms with E-state index in [9.17, 15) is 4.39 Å². The van der Waals surface area contributed by atoms with E-state index in [1.165, 1.54) is 55.7 Å². The molecule has 596 valence electrons. The number of rotatable bonds is 15. The average Bonchev–Trinajstić information content (AvgIpc) is 1.60. The van der Waals surface area contributed by atoms with Gasteiger partial charge in [0.25, 0.3) is 0 Å². The van der Waals surface area contributed by atoms with Crippen LogP contribution < -0.4 is 16.3 Å². The Labute approximate surface area is 743 Å². The number of halogens is 1. The molecule has 0 spiro atoms. The average molecular weight is 1970 g/mol. The van der Waals surface area contributed by atoms with Crippen LogP contribution in [0.4, 0.5) is 10.1 Å². The second-order valence-corrected chi connectivity index (χ2v) is 30.1. The van der Waals surface area contributed by atoms with Crippen molar-refractivity contribution < 1.29 is 56.0 Å². The summed E-state index contributed by atoms with van der Waals surface area (Å²) in [4.78, 5) is 32.0. The summed E-state index contributed by atoms with van der Waals surface area (Å²) in [6.45, 7) is 2.01. The molecule has 21 aromatic rings. The van der Waals surface area contributed by atoms with Crippen LogP contribution in [0.5, 0.6) is 17.2 Å². The summed E-state index contributed by atoms with van der Waals surface area (Å²) in [7, 11) is 2.00. The van der Waals surface area contributed by atoms with Crippen molar-refractivity contribution in [2.45, 2.75) is 0 Å². The van der Waals surface area contributed by atoms with Crippen molar-refractivity contribution >= 4 is 97.2 Å².